The number of ether oxygens (including phenoxy) is 1. The summed E-state index contributed by atoms with van der Waals surface area (Å²) >= 11 is 0. The summed E-state index contributed by atoms with van der Waals surface area (Å²) in [5.41, 5.74) is 0.434. The molecule has 2 nitrogen and oxygen atoms in total. The third kappa shape index (κ3) is 3.58. The van der Waals surface area contributed by atoms with Gasteiger partial charge in [-0.3, -0.25) is 0 Å². The van der Waals surface area contributed by atoms with E-state index >= 15 is 0 Å². The van der Waals surface area contributed by atoms with Crippen LogP contribution in [0.15, 0.2) is 0 Å². The predicted molar refractivity (Wildman–Crippen MR) is 60.5 cm³/mol. The first kappa shape index (κ1) is 12.0. The molecule has 1 unspecified atom stereocenters. The second kappa shape index (κ2) is 5.72. The van der Waals surface area contributed by atoms with E-state index in [-0.39, 0.29) is 0 Å². The Morgan fingerprint density at radius 2 is 2.21 bits per heavy atom. The lowest BCUT2D eigenvalue weighted by Gasteiger charge is -2.29. The van der Waals surface area contributed by atoms with Crippen LogP contribution in [0.1, 0.15) is 40.0 Å². The first-order chi connectivity index (χ1) is 6.68. The normalized spacial score (nSPS) is 27.4. The summed E-state index contributed by atoms with van der Waals surface area (Å²) in [7, 11) is 0. The first-order valence-electron chi connectivity index (χ1n) is 5.97. The number of hydrogen-bond donors (Lipinski definition) is 1. The molecule has 0 aliphatic carbocycles. The summed E-state index contributed by atoms with van der Waals surface area (Å²) in [5.74, 6) is 0.778. The van der Waals surface area contributed by atoms with E-state index in [0.29, 0.717) is 5.41 Å². The Bertz CT molecular complexity index is 150. The molecule has 0 aromatic heterocycles. The van der Waals surface area contributed by atoms with Gasteiger partial charge in [-0.2, -0.15) is 0 Å². The van der Waals surface area contributed by atoms with Crippen molar-refractivity contribution in [3.05, 3.63) is 0 Å². The Kier molecular flexibility index (Phi) is 4.90. The number of hydrogen-bond acceptors (Lipinski definition) is 2. The van der Waals surface area contributed by atoms with Crippen LogP contribution in [0.4, 0.5) is 0 Å². The lowest BCUT2D eigenvalue weighted by molar-refractivity contribution is 0.135. The zero-order chi connectivity index (χ0) is 10.4. The highest BCUT2D eigenvalue weighted by molar-refractivity contribution is 4.86. The van der Waals surface area contributed by atoms with E-state index in [1.54, 1.807) is 0 Å². The van der Waals surface area contributed by atoms with Gasteiger partial charge in [0, 0.05) is 18.6 Å². The first-order valence-corrected chi connectivity index (χ1v) is 5.97. The molecule has 0 radical (unpaired) electrons. The van der Waals surface area contributed by atoms with Crippen LogP contribution < -0.4 is 5.32 Å². The van der Waals surface area contributed by atoms with Gasteiger partial charge in [-0.15, -0.1) is 0 Å². The van der Waals surface area contributed by atoms with Crippen molar-refractivity contribution in [3.63, 3.8) is 0 Å². The van der Waals surface area contributed by atoms with Crippen LogP contribution in [0, 0.1) is 11.3 Å². The molecule has 2 heteroatoms. The van der Waals surface area contributed by atoms with Crippen LogP contribution in [-0.4, -0.2) is 26.3 Å². The highest BCUT2D eigenvalue weighted by Crippen LogP contribution is 2.34. The minimum Gasteiger partial charge on any atom is -0.381 e. The minimum absolute atomic E-state index is 0.434. The van der Waals surface area contributed by atoms with E-state index < -0.39 is 0 Å². The van der Waals surface area contributed by atoms with E-state index in [1.807, 2.05) is 0 Å². The van der Waals surface area contributed by atoms with Crippen molar-refractivity contribution >= 4 is 0 Å². The molecule has 84 valence electrons. The maximum absolute atomic E-state index is 5.55. The Labute approximate surface area is 88.4 Å². The quantitative estimate of drug-likeness (QED) is 0.663. The molecule has 1 N–H and O–H groups in total. The van der Waals surface area contributed by atoms with Gasteiger partial charge in [0.25, 0.3) is 0 Å². The third-order valence-corrected chi connectivity index (χ3v) is 2.95. The standard InChI is InChI=1S/C12H25NO/c1-4-6-13-9-12(8-11(2)3)5-7-14-10-12/h11,13H,4-10H2,1-3H3. The van der Waals surface area contributed by atoms with Crippen LogP contribution >= 0.6 is 0 Å². The van der Waals surface area contributed by atoms with Gasteiger partial charge in [-0.05, 0) is 31.7 Å². The molecule has 1 rings (SSSR count). The fourth-order valence-corrected chi connectivity index (χ4v) is 2.42. The maximum Gasteiger partial charge on any atom is 0.0535 e. The molecule has 0 spiro atoms. The van der Waals surface area contributed by atoms with E-state index in [4.69, 9.17) is 4.74 Å². The Morgan fingerprint density at radius 1 is 1.43 bits per heavy atom. The van der Waals surface area contributed by atoms with Gasteiger partial charge in [-0.25, -0.2) is 0 Å². The molecular formula is C12H25NO. The molecule has 1 aliphatic rings. The zero-order valence-corrected chi connectivity index (χ0v) is 9.94. The van der Waals surface area contributed by atoms with Crippen LogP contribution in [0.25, 0.3) is 0 Å². The fraction of sp³-hybridized carbons (Fsp3) is 1.00. The molecule has 1 fully saturated rings. The lowest BCUT2D eigenvalue weighted by atomic mass is 9.79. The largest absolute Gasteiger partial charge is 0.381 e. The van der Waals surface area contributed by atoms with Gasteiger partial charge in [0.2, 0.25) is 0 Å². The van der Waals surface area contributed by atoms with Crippen LogP contribution in [0.2, 0.25) is 0 Å². The summed E-state index contributed by atoms with van der Waals surface area (Å²) in [6.07, 6.45) is 3.75. The summed E-state index contributed by atoms with van der Waals surface area (Å²) in [6, 6.07) is 0. The second-order valence-electron chi connectivity index (χ2n) is 5.08. The molecule has 0 aromatic rings. The Hall–Kier alpha value is -0.0800. The summed E-state index contributed by atoms with van der Waals surface area (Å²) in [4.78, 5) is 0. The second-order valence-corrected chi connectivity index (χ2v) is 5.08. The monoisotopic (exact) mass is 199 g/mol. The topological polar surface area (TPSA) is 21.3 Å². The van der Waals surface area contributed by atoms with Crippen LogP contribution in [0.3, 0.4) is 0 Å². The van der Waals surface area contributed by atoms with E-state index in [2.05, 4.69) is 26.1 Å². The van der Waals surface area contributed by atoms with Crippen molar-refractivity contribution in [2.24, 2.45) is 11.3 Å². The molecule has 1 aliphatic heterocycles. The third-order valence-electron chi connectivity index (χ3n) is 2.95. The van der Waals surface area contributed by atoms with Crippen LogP contribution in [-0.2, 0) is 4.74 Å². The molecule has 1 saturated heterocycles. The lowest BCUT2D eigenvalue weighted by Crippen LogP contribution is -2.36. The number of rotatable bonds is 6. The van der Waals surface area contributed by atoms with Crippen molar-refractivity contribution in [3.8, 4) is 0 Å². The van der Waals surface area contributed by atoms with Gasteiger partial charge < -0.3 is 10.1 Å². The molecular weight excluding hydrogens is 174 g/mol. The van der Waals surface area contributed by atoms with E-state index in [1.165, 1.54) is 19.3 Å². The predicted octanol–water partition coefficient (Wildman–Crippen LogP) is 2.44. The molecule has 1 atom stereocenters. The highest BCUT2D eigenvalue weighted by atomic mass is 16.5. The zero-order valence-electron chi connectivity index (χ0n) is 9.94. The summed E-state index contributed by atoms with van der Waals surface area (Å²) < 4.78 is 5.55. The molecule has 1 heterocycles. The Morgan fingerprint density at radius 3 is 2.71 bits per heavy atom. The summed E-state index contributed by atoms with van der Waals surface area (Å²) in [5, 5.41) is 3.54. The van der Waals surface area contributed by atoms with E-state index in [9.17, 15) is 0 Å². The van der Waals surface area contributed by atoms with Crippen molar-refractivity contribution < 1.29 is 4.74 Å². The molecule has 0 amide bonds. The van der Waals surface area contributed by atoms with Crippen LogP contribution in [0.5, 0.6) is 0 Å². The van der Waals surface area contributed by atoms with Gasteiger partial charge in [0.05, 0.1) is 6.61 Å². The van der Waals surface area contributed by atoms with E-state index in [0.717, 1.165) is 32.2 Å². The summed E-state index contributed by atoms with van der Waals surface area (Å²) in [6.45, 7) is 11.0. The fourth-order valence-electron chi connectivity index (χ4n) is 2.42. The highest BCUT2D eigenvalue weighted by Gasteiger charge is 2.34. The Balaban J connectivity index is 2.36. The van der Waals surface area contributed by atoms with Crippen molar-refractivity contribution in [1.82, 2.24) is 5.32 Å². The average Bonchev–Trinajstić information content (AvgIpc) is 2.53. The minimum atomic E-state index is 0.434. The van der Waals surface area contributed by atoms with Gasteiger partial charge in [0.1, 0.15) is 0 Å². The number of nitrogens with one attached hydrogen (secondary N) is 1. The average molecular weight is 199 g/mol. The maximum atomic E-state index is 5.55. The van der Waals surface area contributed by atoms with Crippen molar-refractivity contribution in [1.29, 1.82) is 0 Å². The molecule has 0 saturated carbocycles. The van der Waals surface area contributed by atoms with Crippen molar-refractivity contribution in [2.45, 2.75) is 40.0 Å². The van der Waals surface area contributed by atoms with Gasteiger partial charge >= 0.3 is 0 Å². The molecule has 0 bridgehead atoms. The van der Waals surface area contributed by atoms with Crippen molar-refractivity contribution in [2.75, 3.05) is 26.3 Å². The smallest absolute Gasteiger partial charge is 0.0535 e. The molecule has 14 heavy (non-hydrogen) atoms. The SMILES string of the molecule is CCCNCC1(CC(C)C)CCOC1. The van der Waals surface area contributed by atoms with Gasteiger partial charge in [0.15, 0.2) is 0 Å². The molecule has 0 aromatic carbocycles. The van der Waals surface area contributed by atoms with Gasteiger partial charge in [-0.1, -0.05) is 20.8 Å².